The molecule has 9 nitrogen and oxygen atoms in total. The second kappa shape index (κ2) is 10.8. The molecule has 0 atom stereocenters. The number of ether oxygens (including phenoxy) is 3. The van der Waals surface area contributed by atoms with Gasteiger partial charge >= 0.3 is 5.97 Å². The van der Waals surface area contributed by atoms with E-state index < -0.39 is 5.97 Å². The number of nitrogens with two attached hydrogens (primary N) is 1. The number of aromatic nitrogens is 2. The number of rotatable bonds is 9. The molecule has 1 aromatic carbocycles. The molecule has 1 aliphatic heterocycles. The van der Waals surface area contributed by atoms with Crippen LogP contribution in [0.3, 0.4) is 0 Å². The minimum absolute atomic E-state index is 0.198. The summed E-state index contributed by atoms with van der Waals surface area (Å²) in [7, 11) is 1.32. The van der Waals surface area contributed by atoms with Crippen molar-refractivity contribution in [3.63, 3.8) is 0 Å². The quantitative estimate of drug-likeness (QED) is 0.459. The lowest BCUT2D eigenvalue weighted by Gasteiger charge is -2.32. The first kappa shape index (κ1) is 22.6. The summed E-state index contributed by atoms with van der Waals surface area (Å²) in [4.78, 5) is 22.2. The van der Waals surface area contributed by atoms with Gasteiger partial charge in [0.1, 0.15) is 23.0 Å². The van der Waals surface area contributed by atoms with Gasteiger partial charge in [-0.15, -0.1) is 0 Å². The minimum atomic E-state index is -0.491. The molecular weight excluding hydrogens is 398 g/mol. The van der Waals surface area contributed by atoms with E-state index in [0.29, 0.717) is 42.3 Å². The maximum Gasteiger partial charge on any atom is 0.358 e. The van der Waals surface area contributed by atoms with Gasteiger partial charge in [0.05, 0.1) is 32.7 Å². The van der Waals surface area contributed by atoms with Crippen molar-refractivity contribution < 1.29 is 19.0 Å². The third-order valence-electron chi connectivity index (χ3n) is 5.16. The van der Waals surface area contributed by atoms with Crippen LogP contribution in [0, 0.1) is 0 Å². The number of carbonyl (C=O) groups excluding carboxylic acids is 1. The topological polar surface area (TPSA) is 112 Å². The zero-order valence-electron chi connectivity index (χ0n) is 18.4. The van der Waals surface area contributed by atoms with Crippen LogP contribution in [-0.2, 0) is 11.3 Å². The van der Waals surface area contributed by atoms with E-state index in [0.717, 1.165) is 38.0 Å². The van der Waals surface area contributed by atoms with Crippen molar-refractivity contribution in [1.82, 2.24) is 14.9 Å². The standard InChI is InChI=1S/C22H31N5O4/c1-4-30-18-10-15(11-19(21(18)23)31-5-2)14-27-8-6-16(7-9-27)26-20-13-24-17(12-25-20)22(28)29-3/h10-13,16H,4-9,14,23H2,1-3H3,(H,25,26). The van der Waals surface area contributed by atoms with Gasteiger partial charge in [-0.1, -0.05) is 0 Å². The number of anilines is 2. The van der Waals surface area contributed by atoms with Crippen LogP contribution in [0.15, 0.2) is 24.5 Å². The number of benzene rings is 1. The molecule has 0 bridgehead atoms. The van der Waals surface area contributed by atoms with Crippen molar-refractivity contribution in [1.29, 1.82) is 0 Å². The molecule has 0 unspecified atom stereocenters. The monoisotopic (exact) mass is 429 g/mol. The molecule has 0 amide bonds. The molecule has 0 spiro atoms. The van der Waals surface area contributed by atoms with Gasteiger partial charge in [0.25, 0.3) is 0 Å². The lowest BCUT2D eigenvalue weighted by atomic mass is 10.0. The lowest BCUT2D eigenvalue weighted by molar-refractivity contribution is 0.0593. The molecule has 168 valence electrons. The Morgan fingerprint density at radius 3 is 2.29 bits per heavy atom. The van der Waals surface area contributed by atoms with E-state index in [1.165, 1.54) is 13.3 Å². The molecular formula is C22H31N5O4. The highest BCUT2D eigenvalue weighted by Crippen LogP contribution is 2.34. The molecule has 1 fully saturated rings. The largest absolute Gasteiger partial charge is 0.492 e. The Labute approximate surface area is 182 Å². The zero-order valence-corrected chi connectivity index (χ0v) is 18.4. The van der Waals surface area contributed by atoms with Crippen LogP contribution in [0.2, 0.25) is 0 Å². The molecule has 3 rings (SSSR count). The van der Waals surface area contributed by atoms with Gasteiger partial charge < -0.3 is 25.3 Å². The maximum atomic E-state index is 11.5. The van der Waals surface area contributed by atoms with Crippen LogP contribution in [0.1, 0.15) is 42.7 Å². The number of carbonyl (C=O) groups is 1. The van der Waals surface area contributed by atoms with Gasteiger partial charge in [0.15, 0.2) is 5.69 Å². The first-order chi connectivity index (χ1) is 15.0. The van der Waals surface area contributed by atoms with E-state index >= 15 is 0 Å². The van der Waals surface area contributed by atoms with E-state index in [-0.39, 0.29) is 5.69 Å². The van der Waals surface area contributed by atoms with Crippen molar-refractivity contribution in [2.75, 3.05) is 44.5 Å². The molecule has 2 aromatic rings. The summed E-state index contributed by atoms with van der Waals surface area (Å²) in [5.41, 5.74) is 8.05. The Kier molecular flexibility index (Phi) is 7.88. The number of hydrogen-bond acceptors (Lipinski definition) is 9. The predicted molar refractivity (Wildman–Crippen MR) is 118 cm³/mol. The molecule has 3 N–H and O–H groups in total. The summed E-state index contributed by atoms with van der Waals surface area (Å²) in [5, 5.41) is 3.40. The van der Waals surface area contributed by atoms with Gasteiger partial charge in [-0.2, -0.15) is 0 Å². The van der Waals surface area contributed by atoms with Gasteiger partial charge in [-0.3, -0.25) is 4.90 Å². The van der Waals surface area contributed by atoms with Crippen LogP contribution in [0.5, 0.6) is 11.5 Å². The molecule has 31 heavy (non-hydrogen) atoms. The molecule has 1 aromatic heterocycles. The number of nitrogens with one attached hydrogen (secondary N) is 1. The van der Waals surface area contributed by atoms with E-state index in [1.54, 1.807) is 6.20 Å². The highest BCUT2D eigenvalue weighted by Gasteiger charge is 2.21. The highest BCUT2D eigenvalue weighted by atomic mass is 16.5. The smallest absolute Gasteiger partial charge is 0.358 e. The maximum absolute atomic E-state index is 11.5. The molecule has 2 heterocycles. The van der Waals surface area contributed by atoms with Crippen molar-refractivity contribution >= 4 is 17.5 Å². The normalized spacial score (nSPS) is 14.8. The minimum Gasteiger partial charge on any atom is -0.492 e. The van der Waals surface area contributed by atoms with Crippen molar-refractivity contribution in [3.05, 3.63) is 35.8 Å². The Hall–Kier alpha value is -3.07. The van der Waals surface area contributed by atoms with Gasteiger partial charge in [-0.25, -0.2) is 14.8 Å². The van der Waals surface area contributed by atoms with E-state index in [2.05, 4.69) is 24.9 Å². The Balaban J connectivity index is 1.55. The fourth-order valence-corrected chi connectivity index (χ4v) is 3.61. The number of piperidine rings is 1. The SMILES string of the molecule is CCOc1cc(CN2CCC(Nc3cnc(C(=O)OC)cn3)CC2)cc(OCC)c1N. The average molecular weight is 430 g/mol. The third kappa shape index (κ3) is 5.97. The summed E-state index contributed by atoms with van der Waals surface area (Å²) < 4.78 is 16.0. The number of nitrogen functional groups attached to an aromatic ring is 1. The van der Waals surface area contributed by atoms with E-state index in [4.69, 9.17) is 15.2 Å². The lowest BCUT2D eigenvalue weighted by Crippen LogP contribution is -2.38. The summed E-state index contributed by atoms with van der Waals surface area (Å²) in [6.07, 6.45) is 4.95. The van der Waals surface area contributed by atoms with Gasteiger partial charge in [0, 0.05) is 25.7 Å². The average Bonchev–Trinajstić information content (AvgIpc) is 2.78. The second-order valence-electron chi connectivity index (χ2n) is 7.35. The second-order valence-corrected chi connectivity index (χ2v) is 7.35. The zero-order chi connectivity index (χ0) is 22.2. The fraction of sp³-hybridized carbons (Fsp3) is 0.500. The molecule has 1 aliphatic rings. The summed E-state index contributed by atoms with van der Waals surface area (Å²) >= 11 is 0. The number of nitrogens with zero attached hydrogens (tertiary/aromatic N) is 3. The predicted octanol–water partition coefficient (Wildman–Crippen LogP) is 2.72. The molecule has 0 radical (unpaired) electrons. The first-order valence-electron chi connectivity index (χ1n) is 10.6. The van der Waals surface area contributed by atoms with Crippen molar-refractivity contribution in [3.8, 4) is 11.5 Å². The van der Waals surface area contributed by atoms with Crippen LogP contribution in [0.4, 0.5) is 11.5 Å². The molecule has 0 saturated carbocycles. The molecule has 9 heteroatoms. The van der Waals surface area contributed by atoms with Crippen LogP contribution >= 0.6 is 0 Å². The third-order valence-corrected chi connectivity index (χ3v) is 5.16. The van der Waals surface area contributed by atoms with E-state index in [1.807, 2.05) is 26.0 Å². The number of hydrogen-bond donors (Lipinski definition) is 2. The Bertz CT molecular complexity index is 840. The Morgan fingerprint density at radius 2 is 1.77 bits per heavy atom. The summed E-state index contributed by atoms with van der Waals surface area (Å²) in [6, 6.07) is 4.31. The first-order valence-corrected chi connectivity index (χ1v) is 10.6. The summed E-state index contributed by atoms with van der Waals surface area (Å²) in [6.45, 7) is 7.70. The van der Waals surface area contributed by atoms with Crippen molar-refractivity contribution in [2.24, 2.45) is 0 Å². The van der Waals surface area contributed by atoms with Gasteiger partial charge in [0.2, 0.25) is 0 Å². The molecule has 0 aliphatic carbocycles. The fourth-order valence-electron chi connectivity index (χ4n) is 3.61. The number of esters is 1. The molecule has 1 saturated heterocycles. The Morgan fingerprint density at radius 1 is 1.13 bits per heavy atom. The van der Waals surface area contributed by atoms with E-state index in [9.17, 15) is 4.79 Å². The number of methoxy groups -OCH3 is 1. The van der Waals surface area contributed by atoms with Gasteiger partial charge in [-0.05, 0) is 44.4 Å². The van der Waals surface area contributed by atoms with Crippen molar-refractivity contribution in [2.45, 2.75) is 39.3 Å². The van der Waals surface area contributed by atoms with Crippen LogP contribution < -0.4 is 20.5 Å². The van der Waals surface area contributed by atoms with Crippen LogP contribution in [0.25, 0.3) is 0 Å². The van der Waals surface area contributed by atoms with Crippen LogP contribution in [-0.4, -0.2) is 60.3 Å². The number of likely N-dealkylation sites (tertiary alicyclic amines) is 1. The highest BCUT2D eigenvalue weighted by molar-refractivity contribution is 5.86. The summed E-state index contributed by atoms with van der Waals surface area (Å²) in [5.74, 6) is 1.52.